The summed E-state index contributed by atoms with van der Waals surface area (Å²) in [6.07, 6.45) is 3.76. The van der Waals surface area contributed by atoms with Crippen molar-refractivity contribution in [2.45, 2.75) is 19.9 Å². The molecular formula is C16H16N6. The average Bonchev–Trinajstić information content (AvgIpc) is 3.17. The lowest BCUT2D eigenvalue weighted by Gasteiger charge is -2.03. The van der Waals surface area contributed by atoms with E-state index in [0.717, 1.165) is 33.1 Å². The summed E-state index contributed by atoms with van der Waals surface area (Å²) >= 11 is 0. The van der Waals surface area contributed by atoms with E-state index in [1.54, 1.807) is 6.20 Å². The molecule has 0 aliphatic carbocycles. The molecule has 4 rings (SSSR count). The Kier molecular flexibility index (Phi) is 2.66. The molecule has 0 radical (unpaired) electrons. The number of anilines is 1. The number of nitrogens with one attached hydrogen (secondary N) is 1. The smallest absolute Gasteiger partial charge is 0.135 e. The number of nitrogens with zero attached hydrogens (tertiary/aromatic N) is 4. The van der Waals surface area contributed by atoms with Crippen molar-refractivity contribution >= 4 is 27.6 Å². The quantitative estimate of drug-likeness (QED) is 0.594. The summed E-state index contributed by atoms with van der Waals surface area (Å²) in [5.41, 5.74) is 9.73. The molecule has 110 valence electrons. The van der Waals surface area contributed by atoms with E-state index in [1.807, 2.05) is 35.1 Å². The molecule has 0 atom stereocenters. The molecule has 3 aromatic heterocycles. The Balaban J connectivity index is 2.00. The van der Waals surface area contributed by atoms with Crippen LogP contribution in [0.15, 0.2) is 36.7 Å². The van der Waals surface area contributed by atoms with Crippen molar-refractivity contribution in [2.24, 2.45) is 0 Å². The second-order valence-electron chi connectivity index (χ2n) is 5.65. The van der Waals surface area contributed by atoms with Crippen molar-refractivity contribution < 1.29 is 0 Å². The van der Waals surface area contributed by atoms with Crippen LogP contribution in [0.2, 0.25) is 0 Å². The molecule has 4 aromatic rings. The highest BCUT2D eigenvalue weighted by atomic mass is 15.3. The van der Waals surface area contributed by atoms with Crippen LogP contribution in [0.5, 0.6) is 0 Å². The van der Waals surface area contributed by atoms with Crippen LogP contribution in [0, 0.1) is 0 Å². The third kappa shape index (κ3) is 1.84. The monoisotopic (exact) mass is 292 g/mol. The lowest BCUT2D eigenvalue weighted by molar-refractivity contribution is 0.538. The van der Waals surface area contributed by atoms with Crippen LogP contribution in [0.25, 0.3) is 33.1 Å². The SMILES string of the molecule is CC(C)n1cc2c(N)nc3cc(-c4cc[nH]n4)ccc3c2n1. The zero-order chi connectivity index (χ0) is 15.3. The molecule has 0 unspecified atom stereocenters. The summed E-state index contributed by atoms with van der Waals surface area (Å²) in [7, 11) is 0. The molecule has 0 saturated heterocycles. The molecule has 0 fully saturated rings. The van der Waals surface area contributed by atoms with Gasteiger partial charge >= 0.3 is 0 Å². The van der Waals surface area contributed by atoms with E-state index in [4.69, 9.17) is 5.73 Å². The van der Waals surface area contributed by atoms with Gasteiger partial charge < -0.3 is 5.73 Å². The Labute approximate surface area is 127 Å². The van der Waals surface area contributed by atoms with Crippen LogP contribution in [-0.4, -0.2) is 25.0 Å². The summed E-state index contributed by atoms with van der Waals surface area (Å²) in [4.78, 5) is 4.53. The Hall–Kier alpha value is -2.89. The molecule has 0 spiro atoms. The molecule has 1 aromatic carbocycles. The van der Waals surface area contributed by atoms with Crippen LogP contribution < -0.4 is 5.73 Å². The van der Waals surface area contributed by atoms with E-state index in [1.165, 1.54) is 0 Å². The van der Waals surface area contributed by atoms with Crippen molar-refractivity contribution in [1.82, 2.24) is 25.0 Å². The second kappa shape index (κ2) is 4.56. The van der Waals surface area contributed by atoms with Gasteiger partial charge in [-0.15, -0.1) is 0 Å². The number of benzene rings is 1. The van der Waals surface area contributed by atoms with Crippen molar-refractivity contribution in [2.75, 3.05) is 5.73 Å². The first-order valence-corrected chi connectivity index (χ1v) is 7.22. The number of aromatic nitrogens is 5. The van der Waals surface area contributed by atoms with Gasteiger partial charge in [0.1, 0.15) is 11.3 Å². The third-order valence-corrected chi connectivity index (χ3v) is 3.83. The van der Waals surface area contributed by atoms with Crippen LogP contribution in [0.4, 0.5) is 5.82 Å². The normalized spacial score (nSPS) is 11.8. The Morgan fingerprint density at radius 2 is 2.05 bits per heavy atom. The number of hydrogen-bond acceptors (Lipinski definition) is 4. The number of hydrogen-bond donors (Lipinski definition) is 2. The maximum atomic E-state index is 6.12. The van der Waals surface area contributed by atoms with Crippen molar-refractivity contribution in [3.05, 3.63) is 36.7 Å². The predicted octanol–water partition coefficient (Wildman–Crippen LogP) is 3.14. The number of pyridine rings is 1. The van der Waals surface area contributed by atoms with Gasteiger partial charge in [0.15, 0.2) is 0 Å². The maximum absolute atomic E-state index is 6.12. The van der Waals surface area contributed by atoms with Gasteiger partial charge in [0, 0.05) is 29.4 Å². The number of aromatic amines is 1. The second-order valence-corrected chi connectivity index (χ2v) is 5.65. The molecule has 22 heavy (non-hydrogen) atoms. The minimum Gasteiger partial charge on any atom is -0.383 e. The number of nitrogen functional groups attached to an aromatic ring is 1. The van der Waals surface area contributed by atoms with E-state index in [-0.39, 0.29) is 6.04 Å². The summed E-state index contributed by atoms with van der Waals surface area (Å²) in [6, 6.07) is 8.27. The van der Waals surface area contributed by atoms with Gasteiger partial charge in [-0.05, 0) is 32.0 Å². The molecule has 3 heterocycles. The van der Waals surface area contributed by atoms with Crippen molar-refractivity contribution in [3.63, 3.8) is 0 Å². The Bertz CT molecular complexity index is 965. The van der Waals surface area contributed by atoms with E-state index >= 15 is 0 Å². The van der Waals surface area contributed by atoms with Crippen LogP contribution in [0.3, 0.4) is 0 Å². The molecule has 6 heteroatoms. The van der Waals surface area contributed by atoms with E-state index in [0.29, 0.717) is 5.82 Å². The van der Waals surface area contributed by atoms with Gasteiger partial charge in [-0.3, -0.25) is 9.78 Å². The molecule has 6 nitrogen and oxygen atoms in total. The lowest BCUT2D eigenvalue weighted by atomic mass is 10.1. The predicted molar refractivity (Wildman–Crippen MR) is 87.4 cm³/mol. The average molecular weight is 292 g/mol. The number of nitrogens with two attached hydrogens (primary N) is 1. The first kappa shape index (κ1) is 12.8. The molecule has 0 bridgehead atoms. The van der Waals surface area contributed by atoms with Crippen molar-refractivity contribution in [1.29, 1.82) is 0 Å². The summed E-state index contributed by atoms with van der Waals surface area (Å²) < 4.78 is 1.92. The lowest BCUT2D eigenvalue weighted by Crippen LogP contribution is -1.99. The summed E-state index contributed by atoms with van der Waals surface area (Å²) in [5, 5.41) is 13.6. The Morgan fingerprint density at radius 3 is 2.77 bits per heavy atom. The van der Waals surface area contributed by atoms with Crippen LogP contribution >= 0.6 is 0 Å². The highest BCUT2D eigenvalue weighted by molar-refractivity contribution is 6.08. The van der Waals surface area contributed by atoms with Gasteiger partial charge in [-0.1, -0.05) is 6.07 Å². The highest BCUT2D eigenvalue weighted by Crippen LogP contribution is 2.30. The zero-order valence-electron chi connectivity index (χ0n) is 12.4. The Morgan fingerprint density at radius 1 is 1.18 bits per heavy atom. The minimum absolute atomic E-state index is 0.283. The fourth-order valence-electron chi connectivity index (χ4n) is 2.64. The number of rotatable bonds is 2. The maximum Gasteiger partial charge on any atom is 0.135 e. The molecule has 3 N–H and O–H groups in total. The first-order valence-electron chi connectivity index (χ1n) is 7.22. The summed E-state index contributed by atoms with van der Waals surface area (Å²) in [6.45, 7) is 4.18. The molecule has 0 amide bonds. The molecule has 0 saturated carbocycles. The van der Waals surface area contributed by atoms with Gasteiger partial charge in [0.25, 0.3) is 0 Å². The number of fused-ring (bicyclic) bond motifs is 3. The van der Waals surface area contributed by atoms with Gasteiger partial charge in [-0.2, -0.15) is 10.2 Å². The summed E-state index contributed by atoms with van der Waals surface area (Å²) in [5.74, 6) is 0.508. The third-order valence-electron chi connectivity index (χ3n) is 3.83. The largest absolute Gasteiger partial charge is 0.383 e. The van der Waals surface area contributed by atoms with E-state index in [9.17, 15) is 0 Å². The molecular weight excluding hydrogens is 276 g/mol. The topological polar surface area (TPSA) is 85.4 Å². The van der Waals surface area contributed by atoms with Crippen LogP contribution in [-0.2, 0) is 0 Å². The molecule has 0 aliphatic heterocycles. The van der Waals surface area contributed by atoms with Crippen LogP contribution in [0.1, 0.15) is 19.9 Å². The van der Waals surface area contributed by atoms with Gasteiger partial charge in [0.05, 0.1) is 16.6 Å². The van der Waals surface area contributed by atoms with Gasteiger partial charge in [-0.25, -0.2) is 4.98 Å². The first-order chi connectivity index (χ1) is 10.6. The van der Waals surface area contributed by atoms with Crippen molar-refractivity contribution in [3.8, 4) is 11.3 Å². The molecule has 0 aliphatic rings. The number of H-pyrrole nitrogens is 1. The zero-order valence-corrected chi connectivity index (χ0v) is 12.4. The highest BCUT2D eigenvalue weighted by Gasteiger charge is 2.13. The van der Waals surface area contributed by atoms with Gasteiger partial charge in [0.2, 0.25) is 0 Å². The fraction of sp³-hybridized carbons (Fsp3) is 0.188. The van der Waals surface area contributed by atoms with E-state index < -0.39 is 0 Å². The van der Waals surface area contributed by atoms with E-state index in [2.05, 4.69) is 34.1 Å². The minimum atomic E-state index is 0.283. The standard InChI is InChI=1S/C16H16N6/c1-9(2)22-8-12-15(21-22)11-4-3-10(13-5-6-18-20-13)7-14(11)19-16(12)17/h3-9H,1-2H3,(H2,17,19)(H,18,20). The fourth-order valence-corrected chi connectivity index (χ4v) is 2.64.